The Morgan fingerprint density at radius 1 is 1.10 bits per heavy atom. The van der Waals surface area contributed by atoms with Crippen LogP contribution in [0.2, 0.25) is 0 Å². The Morgan fingerprint density at radius 2 is 1.90 bits per heavy atom. The van der Waals surface area contributed by atoms with Crippen molar-refractivity contribution in [3.8, 4) is 11.3 Å². The highest BCUT2D eigenvalue weighted by molar-refractivity contribution is 5.90. The number of hydrogen-bond acceptors (Lipinski definition) is 3. The summed E-state index contributed by atoms with van der Waals surface area (Å²) in [4.78, 5) is 15.9. The number of para-hydroxylation sites is 1. The van der Waals surface area contributed by atoms with Crippen LogP contribution in [0, 0.1) is 5.82 Å². The molecule has 2 aromatic carbocycles. The first-order valence-corrected chi connectivity index (χ1v) is 6.43. The van der Waals surface area contributed by atoms with E-state index in [1.165, 1.54) is 19.2 Å². The Morgan fingerprint density at radius 3 is 2.67 bits per heavy atom. The van der Waals surface area contributed by atoms with Gasteiger partial charge < -0.3 is 4.74 Å². The molecular weight excluding hydrogens is 269 g/mol. The zero-order valence-corrected chi connectivity index (χ0v) is 11.3. The van der Waals surface area contributed by atoms with Crippen LogP contribution in [0.3, 0.4) is 0 Å². The molecule has 0 aliphatic rings. The Bertz CT molecular complexity index is 830. The van der Waals surface area contributed by atoms with Crippen molar-refractivity contribution in [1.29, 1.82) is 0 Å². The molecule has 3 rings (SSSR count). The minimum absolute atomic E-state index is 0.0814. The number of benzene rings is 2. The highest BCUT2D eigenvalue weighted by Crippen LogP contribution is 2.23. The molecule has 0 fully saturated rings. The molecule has 0 radical (unpaired) electrons. The quantitative estimate of drug-likeness (QED) is 0.670. The topological polar surface area (TPSA) is 39.2 Å². The Balaban J connectivity index is 2.06. The number of carbonyl (C=O) groups is 1. The third-order valence-electron chi connectivity index (χ3n) is 3.27. The lowest BCUT2D eigenvalue weighted by Crippen LogP contribution is -2.04. The van der Waals surface area contributed by atoms with E-state index in [2.05, 4.69) is 9.72 Å². The fourth-order valence-electron chi connectivity index (χ4n) is 2.18. The number of halogens is 1. The average Bonchev–Trinajstić information content (AvgIpc) is 2.53. The number of carbonyl (C=O) groups excluding carboxylic acids is 1. The number of nitrogens with zero attached hydrogens (tertiary/aromatic N) is 1. The first kappa shape index (κ1) is 13.2. The molecule has 1 heterocycles. The number of pyridine rings is 1. The molecule has 3 aromatic rings. The van der Waals surface area contributed by atoms with Gasteiger partial charge in [0.25, 0.3) is 0 Å². The first-order valence-electron chi connectivity index (χ1n) is 6.43. The van der Waals surface area contributed by atoms with Gasteiger partial charge >= 0.3 is 5.97 Å². The SMILES string of the molecule is COC(=O)c1ccc(-c2ccc3ccccc3n2)cc1F. The van der Waals surface area contributed by atoms with E-state index in [-0.39, 0.29) is 5.56 Å². The Kier molecular flexibility index (Phi) is 3.36. The number of rotatable bonds is 2. The van der Waals surface area contributed by atoms with Crippen LogP contribution in [-0.2, 0) is 4.74 Å². The number of aromatic nitrogens is 1. The minimum atomic E-state index is -0.689. The van der Waals surface area contributed by atoms with Crippen molar-refractivity contribution in [2.45, 2.75) is 0 Å². The van der Waals surface area contributed by atoms with Gasteiger partial charge in [-0.1, -0.05) is 30.3 Å². The maximum Gasteiger partial charge on any atom is 0.340 e. The summed E-state index contributed by atoms with van der Waals surface area (Å²) >= 11 is 0. The van der Waals surface area contributed by atoms with Crippen molar-refractivity contribution in [2.75, 3.05) is 7.11 Å². The molecule has 104 valence electrons. The fraction of sp³-hybridized carbons (Fsp3) is 0.0588. The van der Waals surface area contributed by atoms with E-state index in [1.807, 2.05) is 36.4 Å². The van der Waals surface area contributed by atoms with Crippen LogP contribution in [0.15, 0.2) is 54.6 Å². The van der Waals surface area contributed by atoms with Gasteiger partial charge in [-0.25, -0.2) is 14.2 Å². The van der Waals surface area contributed by atoms with Gasteiger partial charge in [-0.05, 0) is 24.3 Å². The van der Waals surface area contributed by atoms with E-state index in [0.29, 0.717) is 11.3 Å². The summed E-state index contributed by atoms with van der Waals surface area (Å²) in [5, 5.41) is 1.02. The highest BCUT2D eigenvalue weighted by atomic mass is 19.1. The number of methoxy groups -OCH3 is 1. The minimum Gasteiger partial charge on any atom is -0.465 e. The average molecular weight is 281 g/mol. The molecule has 0 saturated carbocycles. The summed E-state index contributed by atoms with van der Waals surface area (Å²) in [6.07, 6.45) is 0. The molecule has 0 saturated heterocycles. The van der Waals surface area contributed by atoms with Crippen molar-refractivity contribution < 1.29 is 13.9 Å². The van der Waals surface area contributed by atoms with Crippen LogP contribution >= 0.6 is 0 Å². The number of hydrogen-bond donors (Lipinski definition) is 0. The van der Waals surface area contributed by atoms with Gasteiger partial charge in [0.1, 0.15) is 5.82 Å². The molecule has 0 unspecified atom stereocenters. The number of ether oxygens (including phenoxy) is 1. The Hall–Kier alpha value is -2.75. The molecule has 1 aromatic heterocycles. The fourth-order valence-corrected chi connectivity index (χ4v) is 2.18. The van der Waals surface area contributed by atoms with E-state index < -0.39 is 11.8 Å². The number of fused-ring (bicyclic) bond motifs is 1. The van der Waals surface area contributed by atoms with Crippen molar-refractivity contribution in [3.63, 3.8) is 0 Å². The maximum atomic E-state index is 14.0. The summed E-state index contributed by atoms with van der Waals surface area (Å²) in [5.41, 5.74) is 2.03. The standard InChI is InChI=1S/C17H12FNO2/c1-21-17(20)13-8-6-12(10-14(13)18)16-9-7-11-4-2-3-5-15(11)19-16/h2-10H,1H3. The largest absolute Gasteiger partial charge is 0.465 e. The monoisotopic (exact) mass is 281 g/mol. The molecule has 4 heteroatoms. The van der Waals surface area contributed by atoms with Gasteiger partial charge in [0.15, 0.2) is 0 Å². The summed E-state index contributed by atoms with van der Waals surface area (Å²) in [7, 11) is 1.22. The summed E-state index contributed by atoms with van der Waals surface area (Å²) in [6, 6.07) is 15.8. The van der Waals surface area contributed by atoms with Crippen LogP contribution in [0.5, 0.6) is 0 Å². The van der Waals surface area contributed by atoms with Crippen LogP contribution < -0.4 is 0 Å². The zero-order valence-electron chi connectivity index (χ0n) is 11.3. The second kappa shape index (κ2) is 5.32. The third kappa shape index (κ3) is 2.48. The molecule has 0 N–H and O–H groups in total. The zero-order chi connectivity index (χ0) is 14.8. The summed E-state index contributed by atoms with van der Waals surface area (Å²) in [6.45, 7) is 0. The van der Waals surface area contributed by atoms with Crippen LogP contribution in [-0.4, -0.2) is 18.1 Å². The van der Waals surface area contributed by atoms with Gasteiger partial charge in [0.05, 0.1) is 23.9 Å². The smallest absolute Gasteiger partial charge is 0.340 e. The van der Waals surface area contributed by atoms with E-state index in [4.69, 9.17) is 0 Å². The van der Waals surface area contributed by atoms with Crippen LogP contribution in [0.1, 0.15) is 10.4 Å². The highest BCUT2D eigenvalue weighted by Gasteiger charge is 2.13. The molecule has 0 amide bonds. The van der Waals surface area contributed by atoms with Crippen molar-refractivity contribution in [1.82, 2.24) is 4.98 Å². The van der Waals surface area contributed by atoms with E-state index in [9.17, 15) is 9.18 Å². The van der Waals surface area contributed by atoms with E-state index in [1.54, 1.807) is 6.07 Å². The second-order valence-electron chi connectivity index (χ2n) is 4.58. The molecule has 0 aliphatic heterocycles. The molecular formula is C17H12FNO2. The predicted molar refractivity (Wildman–Crippen MR) is 78.5 cm³/mol. The van der Waals surface area contributed by atoms with Gasteiger partial charge in [-0.2, -0.15) is 0 Å². The molecule has 21 heavy (non-hydrogen) atoms. The van der Waals surface area contributed by atoms with Crippen LogP contribution in [0.25, 0.3) is 22.2 Å². The Labute approximate surface area is 121 Å². The van der Waals surface area contributed by atoms with Gasteiger partial charge in [-0.15, -0.1) is 0 Å². The van der Waals surface area contributed by atoms with E-state index in [0.717, 1.165) is 10.9 Å². The third-order valence-corrected chi connectivity index (χ3v) is 3.27. The van der Waals surface area contributed by atoms with Gasteiger partial charge in [0, 0.05) is 10.9 Å². The second-order valence-corrected chi connectivity index (χ2v) is 4.58. The van der Waals surface area contributed by atoms with Gasteiger partial charge in [0.2, 0.25) is 0 Å². The van der Waals surface area contributed by atoms with Crippen molar-refractivity contribution in [2.24, 2.45) is 0 Å². The number of esters is 1. The summed E-state index contributed by atoms with van der Waals surface area (Å²) in [5.74, 6) is -1.31. The normalized spacial score (nSPS) is 10.6. The van der Waals surface area contributed by atoms with E-state index >= 15 is 0 Å². The lowest BCUT2D eigenvalue weighted by atomic mass is 10.1. The first-order chi connectivity index (χ1) is 10.2. The molecule has 3 nitrogen and oxygen atoms in total. The molecule has 0 aliphatic carbocycles. The van der Waals surface area contributed by atoms with Crippen LogP contribution in [0.4, 0.5) is 4.39 Å². The van der Waals surface area contributed by atoms with Gasteiger partial charge in [-0.3, -0.25) is 0 Å². The van der Waals surface area contributed by atoms with Crippen molar-refractivity contribution in [3.05, 3.63) is 66.0 Å². The predicted octanol–water partition coefficient (Wildman–Crippen LogP) is 3.83. The lowest BCUT2D eigenvalue weighted by molar-refractivity contribution is 0.0595. The summed E-state index contributed by atoms with van der Waals surface area (Å²) < 4.78 is 18.5. The van der Waals surface area contributed by atoms with Crippen molar-refractivity contribution >= 4 is 16.9 Å². The maximum absolute atomic E-state index is 14.0. The molecule has 0 atom stereocenters. The molecule has 0 spiro atoms. The lowest BCUT2D eigenvalue weighted by Gasteiger charge is -2.06. The molecule has 0 bridgehead atoms.